The van der Waals surface area contributed by atoms with Crippen molar-refractivity contribution in [2.45, 2.75) is 25.3 Å². The van der Waals surface area contributed by atoms with Crippen molar-refractivity contribution in [3.8, 4) is 0 Å². The molecule has 2 unspecified atom stereocenters. The summed E-state index contributed by atoms with van der Waals surface area (Å²) in [6.07, 6.45) is 2.20. The Morgan fingerprint density at radius 2 is 2.19 bits per heavy atom. The van der Waals surface area contributed by atoms with Crippen molar-refractivity contribution in [3.63, 3.8) is 0 Å². The van der Waals surface area contributed by atoms with Gasteiger partial charge in [0.05, 0.1) is 11.3 Å². The zero-order valence-corrected chi connectivity index (χ0v) is 11.8. The number of piperidine rings is 1. The monoisotopic (exact) mass is 289 g/mol. The van der Waals surface area contributed by atoms with Gasteiger partial charge in [0, 0.05) is 30.8 Å². The van der Waals surface area contributed by atoms with Crippen LogP contribution in [0.25, 0.3) is 0 Å². The first kappa shape index (κ1) is 14.0. The second-order valence-electron chi connectivity index (χ2n) is 5.80. The number of rotatable bonds is 3. The van der Waals surface area contributed by atoms with Gasteiger partial charge in [0.1, 0.15) is 0 Å². The number of fused-ring (bicyclic) bond motifs is 1. The fourth-order valence-electron chi connectivity index (χ4n) is 3.39. The lowest BCUT2D eigenvalue weighted by atomic mass is 9.93. The van der Waals surface area contributed by atoms with Crippen LogP contribution in [0.5, 0.6) is 0 Å². The molecule has 0 aromatic heterocycles. The summed E-state index contributed by atoms with van der Waals surface area (Å²) in [6.45, 7) is 2.55. The third-order valence-electron chi connectivity index (χ3n) is 4.54. The average Bonchev–Trinajstić information content (AvgIpc) is 2.94. The van der Waals surface area contributed by atoms with Crippen molar-refractivity contribution in [1.29, 1.82) is 0 Å². The summed E-state index contributed by atoms with van der Waals surface area (Å²) in [7, 11) is 0. The molecule has 3 rings (SSSR count). The van der Waals surface area contributed by atoms with E-state index in [1.165, 1.54) is 6.07 Å². The minimum atomic E-state index is -0.421. The largest absolute Gasteiger partial charge is 0.342 e. The van der Waals surface area contributed by atoms with Crippen LogP contribution < -0.4 is 5.32 Å². The predicted octanol–water partition coefficient (Wildman–Crippen LogP) is 1.35. The lowest BCUT2D eigenvalue weighted by molar-refractivity contribution is -0.385. The molecule has 0 radical (unpaired) electrons. The summed E-state index contributed by atoms with van der Waals surface area (Å²) in [5.41, 5.74) is 0.530. The highest BCUT2D eigenvalue weighted by Gasteiger charge is 2.34. The van der Waals surface area contributed by atoms with E-state index in [0.717, 1.165) is 32.5 Å². The summed E-state index contributed by atoms with van der Waals surface area (Å²) in [6, 6.07) is 7.03. The highest BCUT2D eigenvalue weighted by Crippen LogP contribution is 2.26. The molecule has 112 valence electrons. The van der Waals surface area contributed by atoms with E-state index in [1.54, 1.807) is 18.2 Å². The standard InChI is InChI=1S/C15H19N3O3/c19-15(9-11-3-1-2-4-14(11)18(20)21)17-8-6-13-12(10-17)5-7-16-13/h1-4,12-13,16H,5-10H2. The van der Waals surface area contributed by atoms with Gasteiger partial charge in [-0.2, -0.15) is 0 Å². The second-order valence-corrected chi connectivity index (χ2v) is 5.80. The van der Waals surface area contributed by atoms with Crippen molar-refractivity contribution < 1.29 is 9.72 Å². The Bertz CT molecular complexity index is 561. The van der Waals surface area contributed by atoms with Gasteiger partial charge in [0.15, 0.2) is 0 Å². The zero-order chi connectivity index (χ0) is 14.8. The number of nitro groups is 1. The van der Waals surface area contributed by atoms with Crippen molar-refractivity contribution in [2.75, 3.05) is 19.6 Å². The first-order valence-electron chi connectivity index (χ1n) is 7.38. The van der Waals surface area contributed by atoms with Gasteiger partial charge in [0.2, 0.25) is 5.91 Å². The highest BCUT2D eigenvalue weighted by molar-refractivity contribution is 5.80. The topological polar surface area (TPSA) is 75.5 Å². The first-order chi connectivity index (χ1) is 10.1. The maximum Gasteiger partial charge on any atom is 0.273 e. The molecule has 6 heteroatoms. The van der Waals surface area contributed by atoms with Gasteiger partial charge in [-0.25, -0.2) is 0 Å². The Morgan fingerprint density at radius 3 is 3.00 bits per heavy atom. The van der Waals surface area contributed by atoms with Gasteiger partial charge in [-0.15, -0.1) is 0 Å². The molecule has 2 heterocycles. The zero-order valence-electron chi connectivity index (χ0n) is 11.8. The molecular formula is C15H19N3O3. The molecule has 0 saturated carbocycles. The molecule has 21 heavy (non-hydrogen) atoms. The summed E-state index contributed by atoms with van der Waals surface area (Å²) in [5.74, 6) is 0.531. The maximum atomic E-state index is 12.4. The van der Waals surface area contributed by atoms with Gasteiger partial charge < -0.3 is 10.2 Å². The molecule has 2 saturated heterocycles. The molecule has 2 aliphatic rings. The summed E-state index contributed by atoms with van der Waals surface area (Å²) >= 11 is 0. The van der Waals surface area contributed by atoms with Crippen molar-refractivity contribution in [2.24, 2.45) is 5.92 Å². The number of benzene rings is 1. The average molecular weight is 289 g/mol. The van der Waals surface area contributed by atoms with Crippen LogP contribution in [0.3, 0.4) is 0 Å². The number of nitro benzene ring substituents is 1. The molecule has 1 aromatic carbocycles. The van der Waals surface area contributed by atoms with Gasteiger partial charge in [-0.3, -0.25) is 14.9 Å². The lowest BCUT2D eigenvalue weighted by Gasteiger charge is -2.34. The number of nitrogens with one attached hydrogen (secondary N) is 1. The molecule has 6 nitrogen and oxygen atoms in total. The Balaban J connectivity index is 1.68. The molecule has 2 aliphatic heterocycles. The smallest absolute Gasteiger partial charge is 0.273 e. The minimum Gasteiger partial charge on any atom is -0.342 e. The van der Waals surface area contributed by atoms with E-state index in [-0.39, 0.29) is 18.0 Å². The predicted molar refractivity (Wildman–Crippen MR) is 77.9 cm³/mol. The van der Waals surface area contributed by atoms with Crippen LogP contribution in [0.2, 0.25) is 0 Å². The lowest BCUT2D eigenvalue weighted by Crippen LogP contribution is -2.47. The number of likely N-dealkylation sites (tertiary alicyclic amines) is 1. The van der Waals surface area contributed by atoms with Crippen LogP contribution in [-0.4, -0.2) is 41.4 Å². The van der Waals surface area contributed by atoms with Gasteiger partial charge in [-0.05, 0) is 25.3 Å². The van der Waals surface area contributed by atoms with E-state index >= 15 is 0 Å². The molecule has 0 aliphatic carbocycles. The number of hydrogen-bond acceptors (Lipinski definition) is 4. The number of carbonyl (C=O) groups excluding carboxylic acids is 1. The Labute approximate surface area is 123 Å². The van der Waals surface area contributed by atoms with Gasteiger partial charge in [-0.1, -0.05) is 18.2 Å². The molecule has 2 fully saturated rings. The number of hydrogen-bond donors (Lipinski definition) is 1. The normalized spacial score (nSPS) is 24.7. The molecule has 1 aromatic rings. The summed E-state index contributed by atoms with van der Waals surface area (Å²) in [4.78, 5) is 24.9. The number of carbonyl (C=O) groups is 1. The van der Waals surface area contributed by atoms with E-state index in [0.29, 0.717) is 17.5 Å². The maximum absolute atomic E-state index is 12.4. The third-order valence-corrected chi connectivity index (χ3v) is 4.54. The fourth-order valence-corrected chi connectivity index (χ4v) is 3.39. The van der Waals surface area contributed by atoms with Gasteiger partial charge >= 0.3 is 0 Å². The van der Waals surface area contributed by atoms with Crippen LogP contribution in [0, 0.1) is 16.0 Å². The van der Waals surface area contributed by atoms with Crippen molar-refractivity contribution in [1.82, 2.24) is 10.2 Å². The SMILES string of the molecule is O=C(Cc1ccccc1[N+](=O)[O-])N1CCC2NCCC2C1. The van der Waals surface area contributed by atoms with E-state index in [9.17, 15) is 14.9 Å². The molecule has 2 atom stereocenters. The second kappa shape index (κ2) is 5.81. The summed E-state index contributed by atoms with van der Waals surface area (Å²) < 4.78 is 0. The third kappa shape index (κ3) is 2.90. The van der Waals surface area contributed by atoms with Crippen molar-refractivity contribution >= 4 is 11.6 Å². The Kier molecular flexibility index (Phi) is 3.88. The molecule has 0 bridgehead atoms. The first-order valence-corrected chi connectivity index (χ1v) is 7.38. The number of para-hydroxylation sites is 1. The molecule has 1 N–H and O–H groups in total. The Morgan fingerprint density at radius 1 is 1.38 bits per heavy atom. The fraction of sp³-hybridized carbons (Fsp3) is 0.533. The van der Waals surface area contributed by atoms with Crippen LogP contribution in [0.4, 0.5) is 5.69 Å². The van der Waals surface area contributed by atoms with Crippen LogP contribution >= 0.6 is 0 Å². The minimum absolute atomic E-state index is 0.00495. The van der Waals surface area contributed by atoms with Crippen LogP contribution in [0.15, 0.2) is 24.3 Å². The van der Waals surface area contributed by atoms with E-state index in [2.05, 4.69) is 5.32 Å². The molecular weight excluding hydrogens is 270 g/mol. The van der Waals surface area contributed by atoms with Crippen molar-refractivity contribution in [3.05, 3.63) is 39.9 Å². The quantitative estimate of drug-likeness (QED) is 0.673. The van der Waals surface area contributed by atoms with E-state index < -0.39 is 4.92 Å². The molecule has 1 amide bonds. The highest BCUT2D eigenvalue weighted by atomic mass is 16.6. The Hall–Kier alpha value is -1.95. The van der Waals surface area contributed by atoms with E-state index in [4.69, 9.17) is 0 Å². The number of nitrogens with zero attached hydrogens (tertiary/aromatic N) is 2. The van der Waals surface area contributed by atoms with Crippen LogP contribution in [0.1, 0.15) is 18.4 Å². The molecule has 0 spiro atoms. The summed E-state index contributed by atoms with van der Waals surface area (Å²) in [5, 5.41) is 14.5. The number of amides is 1. The van der Waals surface area contributed by atoms with Gasteiger partial charge in [0.25, 0.3) is 5.69 Å². The van der Waals surface area contributed by atoms with Crippen LogP contribution in [-0.2, 0) is 11.2 Å². The van der Waals surface area contributed by atoms with E-state index in [1.807, 2.05) is 4.90 Å².